The van der Waals surface area contributed by atoms with Crippen LogP contribution in [-0.4, -0.2) is 53.5 Å². The van der Waals surface area contributed by atoms with E-state index in [1.54, 1.807) is 12.1 Å². The molecule has 1 atom stereocenters. The Morgan fingerprint density at radius 2 is 2.11 bits per heavy atom. The molecule has 148 valence electrons. The number of likely N-dealkylation sites (tertiary alicyclic amines) is 1. The van der Waals surface area contributed by atoms with Crippen LogP contribution in [0.4, 0.5) is 0 Å². The second kappa shape index (κ2) is 11.0. The molecule has 1 N–H and O–H groups in total. The zero-order valence-corrected chi connectivity index (χ0v) is 16.1. The number of Topliss-reactive ketones (excluding diaryl/α,β-unsaturated/α-hetero) is 1. The molecule has 1 saturated heterocycles. The van der Waals surface area contributed by atoms with Gasteiger partial charge in [0, 0.05) is 43.5 Å². The lowest BCUT2D eigenvalue weighted by Crippen LogP contribution is -2.34. The van der Waals surface area contributed by atoms with Crippen molar-refractivity contribution in [3.05, 3.63) is 34.9 Å². The molecular formula is C20H26ClNO5. The summed E-state index contributed by atoms with van der Waals surface area (Å²) in [7, 11) is 0. The Kier molecular flexibility index (Phi) is 8.75. The van der Waals surface area contributed by atoms with Crippen molar-refractivity contribution in [1.29, 1.82) is 0 Å². The number of aliphatic carboxylic acids is 1. The molecule has 1 aromatic rings. The average Bonchev–Trinajstić information content (AvgIpc) is 2.96. The van der Waals surface area contributed by atoms with Crippen molar-refractivity contribution < 1.29 is 24.2 Å². The van der Waals surface area contributed by atoms with Crippen LogP contribution in [0.3, 0.4) is 0 Å². The molecule has 1 aliphatic heterocycles. The largest absolute Gasteiger partial charge is 0.480 e. The van der Waals surface area contributed by atoms with E-state index in [9.17, 15) is 14.4 Å². The van der Waals surface area contributed by atoms with Crippen LogP contribution in [0.2, 0.25) is 5.02 Å². The van der Waals surface area contributed by atoms with Gasteiger partial charge < -0.3 is 14.7 Å². The first-order valence-electron chi connectivity index (χ1n) is 9.31. The van der Waals surface area contributed by atoms with Crippen molar-refractivity contribution in [1.82, 2.24) is 4.90 Å². The maximum Gasteiger partial charge on any atom is 0.329 e. The van der Waals surface area contributed by atoms with Crippen LogP contribution in [0.15, 0.2) is 24.3 Å². The molecular weight excluding hydrogens is 370 g/mol. The van der Waals surface area contributed by atoms with Crippen LogP contribution >= 0.6 is 11.6 Å². The molecule has 0 aromatic heterocycles. The van der Waals surface area contributed by atoms with E-state index < -0.39 is 5.97 Å². The van der Waals surface area contributed by atoms with E-state index in [-0.39, 0.29) is 24.3 Å². The van der Waals surface area contributed by atoms with Gasteiger partial charge in [-0.05, 0) is 43.4 Å². The van der Waals surface area contributed by atoms with E-state index in [0.717, 1.165) is 18.4 Å². The Hall–Kier alpha value is -1.92. The predicted molar refractivity (Wildman–Crippen MR) is 102 cm³/mol. The molecule has 1 amide bonds. The van der Waals surface area contributed by atoms with Crippen LogP contribution in [0.25, 0.3) is 0 Å². The molecule has 6 nitrogen and oxygen atoms in total. The van der Waals surface area contributed by atoms with E-state index in [1.807, 2.05) is 17.0 Å². The fraction of sp³-hybridized carbons (Fsp3) is 0.550. The highest BCUT2D eigenvalue weighted by Crippen LogP contribution is 2.23. The lowest BCUT2D eigenvalue weighted by atomic mass is 10.0. The van der Waals surface area contributed by atoms with E-state index in [0.29, 0.717) is 50.3 Å². The maximum absolute atomic E-state index is 12.2. The van der Waals surface area contributed by atoms with Gasteiger partial charge in [0.05, 0.1) is 0 Å². The van der Waals surface area contributed by atoms with Crippen LogP contribution in [0, 0.1) is 0 Å². The van der Waals surface area contributed by atoms with Gasteiger partial charge in [0.15, 0.2) is 0 Å². The molecule has 1 aliphatic rings. The van der Waals surface area contributed by atoms with E-state index in [1.165, 1.54) is 0 Å². The lowest BCUT2D eigenvalue weighted by Gasteiger charge is -2.24. The topological polar surface area (TPSA) is 83.9 Å². The summed E-state index contributed by atoms with van der Waals surface area (Å²) < 4.78 is 5.00. The van der Waals surface area contributed by atoms with Gasteiger partial charge in [0.1, 0.15) is 12.4 Å². The number of carbonyl (C=O) groups excluding carboxylic acids is 2. The molecule has 1 aromatic carbocycles. The van der Waals surface area contributed by atoms with Crippen molar-refractivity contribution in [2.24, 2.45) is 0 Å². The number of hydrogen-bond acceptors (Lipinski definition) is 4. The number of ether oxygens (including phenoxy) is 1. The van der Waals surface area contributed by atoms with E-state index >= 15 is 0 Å². The number of hydrogen-bond donors (Lipinski definition) is 1. The van der Waals surface area contributed by atoms with Gasteiger partial charge in [-0.15, -0.1) is 0 Å². The highest BCUT2D eigenvalue weighted by Gasteiger charge is 2.30. The molecule has 0 bridgehead atoms. The molecule has 0 saturated carbocycles. The smallest absolute Gasteiger partial charge is 0.329 e. The van der Waals surface area contributed by atoms with Crippen molar-refractivity contribution in [3.63, 3.8) is 0 Å². The Balaban J connectivity index is 1.70. The molecule has 0 unspecified atom stereocenters. The number of rotatable bonds is 12. The third kappa shape index (κ3) is 7.69. The number of benzene rings is 1. The molecule has 7 heteroatoms. The first-order valence-corrected chi connectivity index (χ1v) is 9.68. The van der Waals surface area contributed by atoms with Crippen molar-refractivity contribution in [3.8, 4) is 0 Å². The number of nitrogens with zero attached hydrogens (tertiary/aromatic N) is 1. The summed E-state index contributed by atoms with van der Waals surface area (Å²) in [6.45, 7) is 0.708. The van der Waals surface area contributed by atoms with Gasteiger partial charge in [0.2, 0.25) is 5.91 Å². The standard InChI is InChI=1S/C20H26ClNO5/c21-16-5-3-4-15(12-16)13-18(23)8-6-17-7-9-19(24)22(17)10-1-2-11-27-14-20(25)26/h3-5,12,17H,1-2,6-11,13-14H2,(H,25,26)/t17-/m1/s1. The second-order valence-electron chi connectivity index (χ2n) is 6.82. The zero-order valence-electron chi connectivity index (χ0n) is 15.4. The van der Waals surface area contributed by atoms with Gasteiger partial charge >= 0.3 is 5.97 Å². The van der Waals surface area contributed by atoms with Crippen LogP contribution in [0.1, 0.15) is 44.1 Å². The fourth-order valence-electron chi connectivity index (χ4n) is 3.34. The number of carbonyl (C=O) groups is 3. The van der Waals surface area contributed by atoms with Gasteiger partial charge in [-0.1, -0.05) is 23.7 Å². The molecule has 0 radical (unpaired) electrons. The molecule has 27 heavy (non-hydrogen) atoms. The van der Waals surface area contributed by atoms with Gasteiger partial charge in [-0.25, -0.2) is 4.79 Å². The second-order valence-corrected chi connectivity index (χ2v) is 7.25. The summed E-state index contributed by atoms with van der Waals surface area (Å²) in [4.78, 5) is 36.6. The third-order valence-corrected chi connectivity index (χ3v) is 4.90. The number of unbranched alkanes of at least 4 members (excludes halogenated alkanes) is 1. The average molecular weight is 396 g/mol. The molecule has 0 aliphatic carbocycles. The highest BCUT2D eigenvalue weighted by molar-refractivity contribution is 6.30. The summed E-state index contributed by atoms with van der Waals surface area (Å²) in [6.07, 6.45) is 4.28. The monoisotopic (exact) mass is 395 g/mol. The minimum Gasteiger partial charge on any atom is -0.480 e. The van der Waals surface area contributed by atoms with Crippen molar-refractivity contribution in [2.45, 2.75) is 51.0 Å². The Morgan fingerprint density at radius 1 is 1.30 bits per heavy atom. The number of carboxylic acid groups (broad SMARTS) is 1. The summed E-state index contributed by atoms with van der Waals surface area (Å²) in [5.41, 5.74) is 0.910. The van der Waals surface area contributed by atoms with Crippen molar-refractivity contribution >= 4 is 29.3 Å². The summed E-state index contributed by atoms with van der Waals surface area (Å²) in [6, 6.07) is 7.42. The number of halogens is 1. The SMILES string of the molecule is O=C(O)COCCCCN1C(=O)CC[C@H]1CCC(=O)Cc1cccc(Cl)c1. The van der Waals surface area contributed by atoms with Crippen LogP contribution in [0.5, 0.6) is 0 Å². The van der Waals surface area contributed by atoms with E-state index in [2.05, 4.69) is 0 Å². The first-order chi connectivity index (χ1) is 13.0. The third-order valence-electron chi connectivity index (χ3n) is 4.66. The highest BCUT2D eigenvalue weighted by atomic mass is 35.5. The molecule has 0 spiro atoms. The Labute approximate surface area is 164 Å². The summed E-state index contributed by atoms with van der Waals surface area (Å²) in [5.74, 6) is -0.695. The minimum atomic E-state index is -0.979. The van der Waals surface area contributed by atoms with Crippen molar-refractivity contribution in [2.75, 3.05) is 19.8 Å². The summed E-state index contributed by atoms with van der Waals surface area (Å²) >= 11 is 5.95. The number of amides is 1. The van der Waals surface area contributed by atoms with Crippen LogP contribution in [-0.2, 0) is 25.5 Å². The van der Waals surface area contributed by atoms with E-state index in [4.69, 9.17) is 21.4 Å². The maximum atomic E-state index is 12.2. The van der Waals surface area contributed by atoms with Crippen LogP contribution < -0.4 is 0 Å². The first kappa shape index (κ1) is 21.4. The Bertz CT molecular complexity index is 664. The fourth-order valence-corrected chi connectivity index (χ4v) is 3.55. The minimum absolute atomic E-state index is 0.112. The van der Waals surface area contributed by atoms with Gasteiger partial charge in [0.25, 0.3) is 0 Å². The molecule has 1 heterocycles. The molecule has 2 rings (SSSR count). The normalized spacial score (nSPS) is 16.7. The number of carboxylic acids is 1. The number of ketones is 1. The quantitative estimate of drug-likeness (QED) is 0.550. The zero-order chi connectivity index (χ0) is 19.6. The molecule has 1 fully saturated rings. The Morgan fingerprint density at radius 3 is 2.85 bits per heavy atom. The van der Waals surface area contributed by atoms with Gasteiger partial charge in [-0.2, -0.15) is 0 Å². The lowest BCUT2D eigenvalue weighted by molar-refractivity contribution is -0.142. The summed E-state index contributed by atoms with van der Waals surface area (Å²) in [5, 5.41) is 9.14. The van der Waals surface area contributed by atoms with Gasteiger partial charge in [-0.3, -0.25) is 9.59 Å². The predicted octanol–water partition coefficient (Wildman–Crippen LogP) is 3.10.